The van der Waals surface area contributed by atoms with E-state index in [0.717, 1.165) is 61.4 Å². The van der Waals surface area contributed by atoms with Crippen molar-refractivity contribution in [3.63, 3.8) is 0 Å². The zero-order valence-corrected chi connectivity index (χ0v) is 18.7. The first kappa shape index (κ1) is 21.3. The van der Waals surface area contributed by atoms with Gasteiger partial charge >= 0.3 is 0 Å². The Kier molecular flexibility index (Phi) is 7.55. The molecule has 2 aliphatic rings. The van der Waals surface area contributed by atoms with Gasteiger partial charge in [-0.05, 0) is 56.9 Å². The molecule has 0 aliphatic carbocycles. The molecule has 2 heterocycles. The quantitative estimate of drug-likeness (QED) is 0.639. The van der Waals surface area contributed by atoms with Crippen LogP contribution in [0.25, 0.3) is 6.08 Å². The van der Waals surface area contributed by atoms with Gasteiger partial charge in [-0.1, -0.05) is 15.9 Å². The molecule has 1 amide bonds. The lowest BCUT2D eigenvalue weighted by Crippen LogP contribution is -2.48. The zero-order chi connectivity index (χ0) is 20.1. The van der Waals surface area contributed by atoms with Gasteiger partial charge < -0.3 is 14.4 Å². The van der Waals surface area contributed by atoms with Gasteiger partial charge in [-0.3, -0.25) is 9.69 Å². The fraction of sp³-hybridized carbons (Fsp3) is 0.591. The van der Waals surface area contributed by atoms with Gasteiger partial charge in [0.15, 0.2) is 0 Å². The number of benzene rings is 1. The molecule has 2 atom stereocenters. The van der Waals surface area contributed by atoms with Gasteiger partial charge in [0.05, 0.1) is 19.3 Å². The Morgan fingerprint density at radius 2 is 1.93 bits per heavy atom. The fourth-order valence-corrected chi connectivity index (χ4v) is 4.62. The minimum absolute atomic E-state index is 0.0779. The van der Waals surface area contributed by atoms with Crippen LogP contribution in [0, 0.1) is 5.92 Å². The second-order valence-corrected chi connectivity index (χ2v) is 8.88. The number of morpholine rings is 1. The first-order chi connectivity index (χ1) is 13.4. The molecule has 1 aromatic rings. The molecular formula is C22H31BrN2O3. The predicted octanol–water partition coefficient (Wildman–Crippen LogP) is 3.82. The molecule has 5 nitrogen and oxygen atoms in total. The van der Waals surface area contributed by atoms with Crippen molar-refractivity contribution in [3.8, 4) is 5.75 Å². The van der Waals surface area contributed by atoms with Gasteiger partial charge in [0, 0.05) is 48.8 Å². The van der Waals surface area contributed by atoms with E-state index in [1.165, 1.54) is 0 Å². The average molecular weight is 451 g/mol. The van der Waals surface area contributed by atoms with Crippen molar-refractivity contribution in [1.29, 1.82) is 0 Å². The molecule has 6 heteroatoms. The molecule has 2 saturated heterocycles. The maximum Gasteiger partial charge on any atom is 0.246 e. The van der Waals surface area contributed by atoms with Crippen molar-refractivity contribution in [2.24, 2.45) is 5.92 Å². The highest BCUT2D eigenvalue weighted by atomic mass is 79.9. The van der Waals surface area contributed by atoms with E-state index in [2.05, 4.69) is 34.7 Å². The lowest BCUT2D eigenvalue weighted by molar-refractivity contribution is -0.127. The summed E-state index contributed by atoms with van der Waals surface area (Å²) in [6.45, 7) is 9.11. The van der Waals surface area contributed by atoms with E-state index in [0.29, 0.717) is 18.1 Å². The van der Waals surface area contributed by atoms with Crippen molar-refractivity contribution in [3.05, 3.63) is 34.3 Å². The van der Waals surface area contributed by atoms with E-state index < -0.39 is 0 Å². The Balaban J connectivity index is 1.49. The topological polar surface area (TPSA) is 42.0 Å². The number of ether oxygens (including phenoxy) is 2. The standard InChI is InChI=1S/C22H31BrN2O3/c1-16-13-24(14-17(2)28-16)15-18-8-10-25(11-9-18)22(26)7-4-19-12-20(23)5-6-21(19)27-3/h4-7,12,16-18H,8-11,13-15H2,1-3H3/b7-4+. The molecule has 0 radical (unpaired) electrons. The summed E-state index contributed by atoms with van der Waals surface area (Å²) in [5, 5.41) is 0. The van der Waals surface area contributed by atoms with Gasteiger partial charge in [-0.2, -0.15) is 0 Å². The van der Waals surface area contributed by atoms with E-state index in [1.807, 2.05) is 29.2 Å². The largest absolute Gasteiger partial charge is 0.496 e. The van der Waals surface area contributed by atoms with E-state index in [9.17, 15) is 4.79 Å². The van der Waals surface area contributed by atoms with Crippen LogP contribution in [0.1, 0.15) is 32.3 Å². The number of hydrogen-bond donors (Lipinski definition) is 0. The van der Waals surface area contributed by atoms with Gasteiger partial charge in [0.1, 0.15) is 5.75 Å². The molecule has 0 saturated carbocycles. The van der Waals surface area contributed by atoms with Gasteiger partial charge in [-0.15, -0.1) is 0 Å². The van der Waals surface area contributed by atoms with E-state index >= 15 is 0 Å². The number of carbonyl (C=O) groups excluding carboxylic acids is 1. The zero-order valence-electron chi connectivity index (χ0n) is 17.1. The summed E-state index contributed by atoms with van der Waals surface area (Å²) in [5.74, 6) is 1.50. The molecule has 154 valence electrons. The number of halogens is 1. The monoisotopic (exact) mass is 450 g/mol. The van der Waals surface area contributed by atoms with Gasteiger partial charge in [-0.25, -0.2) is 0 Å². The maximum absolute atomic E-state index is 12.6. The molecule has 28 heavy (non-hydrogen) atoms. The first-order valence-corrected chi connectivity index (χ1v) is 10.9. The van der Waals surface area contributed by atoms with Crippen molar-refractivity contribution in [2.75, 3.05) is 39.8 Å². The normalized spacial score (nSPS) is 24.6. The summed E-state index contributed by atoms with van der Waals surface area (Å²) in [6, 6.07) is 5.78. The number of likely N-dealkylation sites (tertiary alicyclic amines) is 1. The van der Waals surface area contributed by atoms with Crippen molar-refractivity contribution < 1.29 is 14.3 Å². The molecule has 0 bridgehead atoms. The maximum atomic E-state index is 12.6. The van der Waals surface area contributed by atoms with Crippen LogP contribution in [0.4, 0.5) is 0 Å². The summed E-state index contributed by atoms with van der Waals surface area (Å²) < 4.78 is 12.2. The number of piperidine rings is 1. The second kappa shape index (κ2) is 9.90. The summed E-state index contributed by atoms with van der Waals surface area (Å²) in [4.78, 5) is 17.1. The number of nitrogens with zero attached hydrogens (tertiary/aromatic N) is 2. The van der Waals surface area contributed by atoms with E-state index in [4.69, 9.17) is 9.47 Å². The van der Waals surface area contributed by atoms with Crippen LogP contribution in [0.3, 0.4) is 0 Å². The van der Waals surface area contributed by atoms with Crippen LogP contribution >= 0.6 is 15.9 Å². The SMILES string of the molecule is COc1ccc(Br)cc1/C=C/C(=O)N1CCC(CN2CC(C)OC(C)C2)CC1. The second-order valence-electron chi connectivity index (χ2n) is 7.96. The molecule has 0 aromatic heterocycles. The van der Waals surface area contributed by atoms with Gasteiger partial charge in [0.2, 0.25) is 5.91 Å². The Morgan fingerprint density at radius 1 is 1.25 bits per heavy atom. The van der Waals surface area contributed by atoms with Crippen LogP contribution in [-0.2, 0) is 9.53 Å². The Hall–Kier alpha value is -1.37. The third-order valence-electron chi connectivity index (χ3n) is 5.54. The Morgan fingerprint density at radius 3 is 2.57 bits per heavy atom. The Bertz CT molecular complexity index is 691. The highest BCUT2D eigenvalue weighted by Gasteiger charge is 2.27. The molecule has 1 aromatic carbocycles. The number of amides is 1. The predicted molar refractivity (Wildman–Crippen MR) is 115 cm³/mol. The molecule has 0 spiro atoms. The van der Waals surface area contributed by atoms with Gasteiger partial charge in [0.25, 0.3) is 0 Å². The molecule has 0 N–H and O–H groups in total. The smallest absolute Gasteiger partial charge is 0.246 e. The highest BCUT2D eigenvalue weighted by molar-refractivity contribution is 9.10. The number of hydrogen-bond acceptors (Lipinski definition) is 4. The summed E-state index contributed by atoms with van der Waals surface area (Å²) in [7, 11) is 1.64. The minimum atomic E-state index is 0.0779. The highest BCUT2D eigenvalue weighted by Crippen LogP contribution is 2.25. The van der Waals surface area contributed by atoms with Crippen LogP contribution in [0.5, 0.6) is 5.75 Å². The molecule has 3 rings (SSSR count). The van der Waals surface area contributed by atoms with Crippen LogP contribution in [-0.4, -0.2) is 67.7 Å². The minimum Gasteiger partial charge on any atom is -0.496 e. The van der Waals surface area contributed by atoms with Crippen LogP contribution in [0.2, 0.25) is 0 Å². The molecule has 2 fully saturated rings. The molecule has 2 aliphatic heterocycles. The van der Waals surface area contributed by atoms with Crippen molar-refractivity contribution >= 4 is 27.9 Å². The Labute approximate surface area is 176 Å². The summed E-state index contributed by atoms with van der Waals surface area (Å²) >= 11 is 3.47. The first-order valence-electron chi connectivity index (χ1n) is 10.1. The average Bonchev–Trinajstić information content (AvgIpc) is 2.66. The third-order valence-corrected chi connectivity index (χ3v) is 6.03. The van der Waals surface area contributed by atoms with E-state index in [-0.39, 0.29) is 5.91 Å². The number of rotatable bonds is 5. The summed E-state index contributed by atoms with van der Waals surface area (Å²) in [5.41, 5.74) is 0.899. The van der Waals surface area contributed by atoms with Crippen LogP contribution in [0.15, 0.2) is 28.7 Å². The van der Waals surface area contributed by atoms with Crippen LogP contribution < -0.4 is 4.74 Å². The summed E-state index contributed by atoms with van der Waals surface area (Å²) in [6.07, 6.45) is 6.26. The van der Waals surface area contributed by atoms with Crippen molar-refractivity contribution in [1.82, 2.24) is 9.80 Å². The number of methoxy groups -OCH3 is 1. The number of carbonyl (C=O) groups is 1. The molecular weight excluding hydrogens is 420 g/mol. The van der Waals surface area contributed by atoms with Crippen molar-refractivity contribution in [2.45, 2.75) is 38.9 Å². The third kappa shape index (κ3) is 5.82. The lowest BCUT2D eigenvalue weighted by atomic mass is 9.95. The molecule has 2 unspecified atom stereocenters. The van der Waals surface area contributed by atoms with E-state index in [1.54, 1.807) is 13.2 Å². The fourth-order valence-electron chi connectivity index (χ4n) is 4.24. The lowest BCUT2D eigenvalue weighted by Gasteiger charge is -2.39.